The SMILES string of the molecule is COCC1CCCN1C(=O)c1cnc2sc3ccccc3n2c1=O. The highest BCUT2D eigenvalue weighted by atomic mass is 32.1. The van der Waals surface area contributed by atoms with Crippen LogP contribution in [0.5, 0.6) is 0 Å². The standard InChI is InChI=1S/C17H17N3O3S/c1-23-10-11-5-4-8-19(11)15(21)12-9-18-17-20(16(12)22)13-6-2-3-7-14(13)24-17/h2-3,6-7,9,11H,4-5,8,10H2,1H3. The first-order valence-electron chi connectivity index (χ1n) is 7.90. The molecule has 3 heterocycles. The summed E-state index contributed by atoms with van der Waals surface area (Å²) in [4.78, 5) is 32.5. The van der Waals surface area contributed by atoms with Gasteiger partial charge in [0.15, 0.2) is 4.96 Å². The Morgan fingerprint density at radius 2 is 2.25 bits per heavy atom. The molecule has 1 unspecified atom stereocenters. The molecule has 124 valence electrons. The molecule has 2 aromatic heterocycles. The van der Waals surface area contributed by atoms with E-state index in [4.69, 9.17) is 4.74 Å². The molecule has 1 aliphatic rings. The third kappa shape index (κ3) is 2.32. The average Bonchev–Trinajstić information content (AvgIpc) is 3.19. The van der Waals surface area contributed by atoms with Gasteiger partial charge >= 0.3 is 0 Å². The fourth-order valence-corrected chi connectivity index (χ4v) is 4.31. The van der Waals surface area contributed by atoms with E-state index in [0.717, 1.165) is 23.1 Å². The Bertz CT molecular complexity index is 978. The van der Waals surface area contributed by atoms with Gasteiger partial charge in [0.05, 0.1) is 22.9 Å². The second kappa shape index (κ2) is 5.99. The molecule has 1 aliphatic heterocycles. The first-order chi connectivity index (χ1) is 11.7. The number of para-hydroxylation sites is 1. The second-order valence-corrected chi connectivity index (χ2v) is 6.92. The summed E-state index contributed by atoms with van der Waals surface area (Å²) < 4.78 is 7.71. The fourth-order valence-electron chi connectivity index (χ4n) is 3.32. The van der Waals surface area contributed by atoms with Crippen molar-refractivity contribution in [1.82, 2.24) is 14.3 Å². The number of hydrogen-bond donors (Lipinski definition) is 0. The van der Waals surface area contributed by atoms with Gasteiger partial charge < -0.3 is 9.64 Å². The molecule has 24 heavy (non-hydrogen) atoms. The summed E-state index contributed by atoms with van der Waals surface area (Å²) >= 11 is 1.44. The number of methoxy groups -OCH3 is 1. The van der Waals surface area contributed by atoms with Crippen LogP contribution in [0.4, 0.5) is 0 Å². The molecule has 1 saturated heterocycles. The molecule has 1 atom stereocenters. The maximum Gasteiger partial charge on any atom is 0.271 e. The van der Waals surface area contributed by atoms with E-state index >= 15 is 0 Å². The van der Waals surface area contributed by atoms with E-state index in [1.54, 1.807) is 12.0 Å². The molecule has 4 rings (SSSR count). The van der Waals surface area contributed by atoms with Crippen molar-refractivity contribution in [2.45, 2.75) is 18.9 Å². The number of carbonyl (C=O) groups excluding carboxylic acids is 1. The van der Waals surface area contributed by atoms with E-state index in [-0.39, 0.29) is 23.1 Å². The normalized spacial score (nSPS) is 17.9. The molecule has 7 heteroatoms. The summed E-state index contributed by atoms with van der Waals surface area (Å²) in [6.07, 6.45) is 3.24. The Morgan fingerprint density at radius 1 is 1.42 bits per heavy atom. The lowest BCUT2D eigenvalue weighted by Crippen LogP contribution is -2.40. The smallest absolute Gasteiger partial charge is 0.271 e. The van der Waals surface area contributed by atoms with Gasteiger partial charge in [-0.25, -0.2) is 4.98 Å². The van der Waals surface area contributed by atoms with Crippen molar-refractivity contribution in [2.75, 3.05) is 20.3 Å². The van der Waals surface area contributed by atoms with Crippen LogP contribution in [0.1, 0.15) is 23.2 Å². The number of benzene rings is 1. The van der Waals surface area contributed by atoms with Gasteiger partial charge in [-0.05, 0) is 25.0 Å². The average molecular weight is 343 g/mol. The summed E-state index contributed by atoms with van der Waals surface area (Å²) in [5.74, 6) is -0.253. The van der Waals surface area contributed by atoms with Gasteiger partial charge in [-0.2, -0.15) is 0 Å². The lowest BCUT2D eigenvalue weighted by molar-refractivity contribution is 0.0628. The Hall–Kier alpha value is -2.25. The lowest BCUT2D eigenvalue weighted by atomic mass is 10.2. The topological polar surface area (TPSA) is 63.9 Å². The van der Waals surface area contributed by atoms with Gasteiger partial charge in [-0.15, -0.1) is 0 Å². The third-order valence-electron chi connectivity index (χ3n) is 4.46. The summed E-state index contributed by atoms with van der Waals surface area (Å²) in [5.41, 5.74) is 0.615. The zero-order valence-electron chi connectivity index (χ0n) is 13.3. The number of thiazole rings is 1. The van der Waals surface area contributed by atoms with Crippen molar-refractivity contribution in [3.05, 3.63) is 46.4 Å². The van der Waals surface area contributed by atoms with E-state index in [0.29, 0.717) is 18.1 Å². The van der Waals surface area contributed by atoms with Crippen molar-refractivity contribution in [3.8, 4) is 0 Å². The number of amides is 1. The summed E-state index contributed by atoms with van der Waals surface area (Å²) in [6.45, 7) is 1.14. The quantitative estimate of drug-likeness (QED) is 0.731. The number of carbonyl (C=O) groups is 1. The minimum Gasteiger partial charge on any atom is -0.383 e. The number of aromatic nitrogens is 2. The molecule has 1 aromatic carbocycles. The fraction of sp³-hybridized carbons (Fsp3) is 0.353. The van der Waals surface area contributed by atoms with Gasteiger partial charge in [0.1, 0.15) is 5.56 Å². The minimum absolute atomic E-state index is 0.0295. The third-order valence-corrected chi connectivity index (χ3v) is 5.50. The summed E-state index contributed by atoms with van der Waals surface area (Å²) in [5, 5.41) is 0. The maximum absolute atomic E-state index is 12.9. The zero-order valence-corrected chi connectivity index (χ0v) is 14.1. The van der Waals surface area contributed by atoms with E-state index in [9.17, 15) is 9.59 Å². The van der Waals surface area contributed by atoms with E-state index < -0.39 is 0 Å². The summed E-state index contributed by atoms with van der Waals surface area (Å²) in [7, 11) is 1.63. The molecule has 0 spiro atoms. The van der Waals surface area contributed by atoms with Crippen LogP contribution < -0.4 is 5.56 Å². The number of likely N-dealkylation sites (tertiary alicyclic amines) is 1. The number of nitrogens with zero attached hydrogens (tertiary/aromatic N) is 3. The Morgan fingerprint density at radius 3 is 3.08 bits per heavy atom. The second-order valence-electron chi connectivity index (χ2n) is 5.91. The van der Waals surface area contributed by atoms with Crippen LogP contribution in [-0.4, -0.2) is 46.5 Å². The maximum atomic E-state index is 12.9. The van der Waals surface area contributed by atoms with E-state index in [2.05, 4.69) is 4.98 Å². The zero-order chi connectivity index (χ0) is 16.7. The predicted octanol–water partition coefficient (Wildman–Crippen LogP) is 2.16. The predicted molar refractivity (Wildman–Crippen MR) is 92.8 cm³/mol. The number of hydrogen-bond acceptors (Lipinski definition) is 5. The van der Waals surface area contributed by atoms with Crippen molar-refractivity contribution < 1.29 is 9.53 Å². The first kappa shape index (κ1) is 15.3. The monoisotopic (exact) mass is 343 g/mol. The van der Waals surface area contributed by atoms with Crippen LogP contribution in [0.15, 0.2) is 35.3 Å². The van der Waals surface area contributed by atoms with Crippen LogP contribution in [0.25, 0.3) is 15.2 Å². The van der Waals surface area contributed by atoms with Crippen LogP contribution in [-0.2, 0) is 4.74 Å². The molecular weight excluding hydrogens is 326 g/mol. The van der Waals surface area contributed by atoms with Gasteiger partial charge in [-0.3, -0.25) is 14.0 Å². The number of rotatable bonds is 3. The molecule has 0 radical (unpaired) electrons. The molecule has 1 fully saturated rings. The molecule has 0 aliphatic carbocycles. The molecule has 0 N–H and O–H groups in total. The molecular formula is C17H17N3O3S. The Balaban J connectivity index is 1.82. The van der Waals surface area contributed by atoms with Crippen molar-refractivity contribution in [3.63, 3.8) is 0 Å². The Kier molecular flexibility index (Phi) is 3.82. The highest BCUT2D eigenvalue weighted by Gasteiger charge is 2.31. The Labute approximate surface area is 142 Å². The molecule has 0 saturated carbocycles. The van der Waals surface area contributed by atoms with Crippen LogP contribution in [0.3, 0.4) is 0 Å². The van der Waals surface area contributed by atoms with Gasteiger partial charge in [0.25, 0.3) is 11.5 Å². The van der Waals surface area contributed by atoms with Crippen LogP contribution >= 0.6 is 11.3 Å². The lowest BCUT2D eigenvalue weighted by Gasteiger charge is -2.23. The highest BCUT2D eigenvalue weighted by molar-refractivity contribution is 7.23. The first-order valence-corrected chi connectivity index (χ1v) is 8.71. The molecule has 1 amide bonds. The summed E-state index contributed by atoms with van der Waals surface area (Å²) in [6, 6.07) is 7.66. The van der Waals surface area contributed by atoms with Crippen molar-refractivity contribution in [1.29, 1.82) is 0 Å². The molecule has 0 bridgehead atoms. The van der Waals surface area contributed by atoms with Crippen LogP contribution in [0, 0.1) is 0 Å². The van der Waals surface area contributed by atoms with Crippen molar-refractivity contribution in [2.24, 2.45) is 0 Å². The largest absolute Gasteiger partial charge is 0.383 e. The van der Waals surface area contributed by atoms with E-state index in [1.807, 2.05) is 24.3 Å². The van der Waals surface area contributed by atoms with Gasteiger partial charge in [0.2, 0.25) is 0 Å². The number of fused-ring (bicyclic) bond motifs is 3. The number of ether oxygens (including phenoxy) is 1. The van der Waals surface area contributed by atoms with Crippen molar-refractivity contribution >= 4 is 32.4 Å². The van der Waals surface area contributed by atoms with Gasteiger partial charge in [-0.1, -0.05) is 23.5 Å². The van der Waals surface area contributed by atoms with E-state index in [1.165, 1.54) is 21.9 Å². The highest BCUT2D eigenvalue weighted by Crippen LogP contribution is 2.24. The molecule has 6 nitrogen and oxygen atoms in total. The minimum atomic E-state index is -0.300. The molecule has 3 aromatic rings. The van der Waals surface area contributed by atoms with Crippen LogP contribution in [0.2, 0.25) is 0 Å². The van der Waals surface area contributed by atoms with Gasteiger partial charge in [0, 0.05) is 19.9 Å².